The normalized spacial score (nSPS) is 9.64. The zero-order valence-electron chi connectivity index (χ0n) is 5.70. The number of nitrogens with one attached hydrogen (secondary N) is 1. The summed E-state index contributed by atoms with van der Waals surface area (Å²) in [4.78, 5) is 10.9. The number of hydrogen-bond donors (Lipinski definition) is 3. The quantitative estimate of drug-likeness (QED) is 0.260. The van der Waals surface area contributed by atoms with Gasteiger partial charge in [-0.1, -0.05) is 0 Å². The standard InChI is InChI=1S/C6H8N2O2S/c7-8-6(9)4-1-2-10-5(4)3-11/h1-2,11H,3,7H2,(H,8,9). The molecule has 0 saturated carbocycles. The highest BCUT2D eigenvalue weighted by Gasteiger charge is 2.10. The van der Waals surface area contributed by atoms with Crippen molar-refractivity contribution in [3.05, 3.63) is 23.7 Å². The highest BCUT2D eigenvalue weighted by molar-refractivity contribution is 7.79. The van der Waals surface area contributed by atoms with Crippen LogP contribution in [0.25, 0.3) is 0 Å². The Hall–Kier alpha value is -0.940. The van der Waals surface area contributed by atoms with Crippen LogP contribution in [-0.4, -0.2) is 5.91 Å². The Labute approximate surface area is 69.1 Å². The number of nitrogens with two attached hydrogens (primary N) is 1. The highest BCUT2D eigenvalue weighted by atomic mass is 32.1. The second-order valence-electron chi connectivity index (χ2n) is 1.89. The first kappa shape index (κ1) is 8.16. The summed E-state index contributed by atoms with van der Waals surface area (Å²) in [5, 5.41) is 0. The fraction of sp³-hybridized carbons (Fsp3) is 0.167. The minimum Gasteiger partial charge on any atom is -0.468 e. The largest absolute Gasteiger partial charge is 0.468 e. The van der Waals surface area contributed by atoms with Crippen LogP contribution in [0.15, 0.2) is 16.7 Å². The predicted octanol–water partition coefficient (Wildman–Crippen LogP) is 0.313. The maximum Gasteiger partial charge on any atom is 0.268 e. The van der Waals surface area contributed by atoms with Crippen LogP contribution in [0.5, 0.6) is 0 Å². The molecule has 0 aromatic carbocycles. The average molecular weight is 172 g/mol. The number of hydrogen-bond acceptors (Lipinski definition) is 4. The van der Waals surface area contributed by atoms with Crippen molar-refractivity contribution in [3.63, 3.8) is 0 Å². The Morgan fingerprint density at radius 2 is 2.55 bits per heavy atom. The van der Waals surface area contributed by atoms with E-state index in [0.29, 0.717) is 17.1 Å². The molecule has 1 aromatic heterocycles. The second kappa shape index (κ2) is 3.45. The zero-order valence-corrected chi connectivity index (χ0v) is 6.60. The van der Waals surface area contributed by atoms with Gasteiger partial charge in [0.1, 0.15) is 5.76 Å². The van der Waals surface area contributed by atoms with Crippen LogP contribution in [0, 0.1) is 0 Å². The van der Waals surface area contributed by atoms with Crippen molar-refractivity contribution in [3.8, 4) is 0 Å². The topological polar surface area (TPSA) is 68.3 Å². The third kappa shape index (κ3) is 1.55. The molecule has 4 nitrogen and oxygen atoms in total. The molecule has 0 saturated heterocycles. The number of furan rings is 1. The van der Waals surface area contributed by atoms with Gasteiger partial charge >= 0.3 is 0 Å². The fourth-order valence-corrected chi connectivity index (χ4v) is 0.988. The molecule has 1 amide bonds. The lowest BCUT2D eigenvalue weighted by atomic mass is 10.2. The van der Waals surface area contributed by atoms with Crippen molar-refractivity contribution < 1.29 is 9.21 Å². The summed E-state index contributed by atoms with van der Waals surface area (Å²) in [5.41, 5.74) is 2.44. The number of thiol groups is 1. The molecule has 60 valence electrons. The van der Waals surface area contributed by atoms with E-state index in [1.54, 1.807) is 6.07 Å². The number of carbonyl (C=O) groups is 1. The fourth-order valence-electron chi connectivity index (χ4n) is 0.743. The van der Waals surface area contributed by atoms with Gasteiger partial charge in [0, 0.05) is 5.75 Å². The molecular formula is C6H8N2O2S. The molecule has 0 aliphatic rings. The summed E-state index contributed by atoms with van der Waals surface area (Å²) in [7, 11) is 0. The number of carbonyl (C=O) groups excluding carboxylic acids is 1. The third-order valence-electron chi connectivity index (χ3n) is 1.26. The minimum atomic E-state index is -0.359. The van der Waals surface area contributed by atoms with Crippen molar-refractivity contribution in [2.45, 2.75) is 5.75 Å². The van der Waals surface area contributed by atoms with Crippen molar-refractivity contribution in [1.82, 2.24) is 5.43 Å². The van der Waals surface area contributed by atoms with Crippen LogP contribution >= 0.6 is 12.6 Å². The minimum absolute atomic E-state index is 0.359. The van der Waals surface area contributed by atoms with E-state index in [1.165, 1.54) is 6.26 Å². The molecular weight excluding hydrogens is 164 g/mol. The van der Waals surface area contributed by atoms with Gasteiger partial charge in [0.2, 0.25) is 0 Å². The zero-order chi connectivity index (χ0) is 8.27. The Morgan fingerprint density at radius 3 is 3.09 bits per heavy atom. The number of nitrogen functional groups attached to an aromatic ring is 1. The summed E-state index contributed by atoms with van der Waals surface area (Å²) in [6.07, 6.45) is 1.43. The molecule has 0 radical (unpaired) electrons. The molecule has 0 bridgehead atoms. The maximum absolute atomic E-state index is 10.9. The smallest absolute Gasteiger partial charge is 0.268 e. The molecule has 0 fully saturated rings. The Morgan fingerprint density at radius 1 is 1.82 bits per heavy atom. The lowest BCUT2D eigenvalue weighted by Gasteiger charge is -1.96. The van der Waals surface area contributed by atoms with E-state index in [0.717, 1.165) is 0 Å². The first-order valence-corrected chi connectivity index (χ1v) is 3.61. The van der Waals surface area contributed by atoms with Gasteiger partial charge in [-0.2, -0.15) is 12.6 Å². The van der Waals surface area contributed by atoms with E-state index in [4.69, 9.17) is 10.3 Å². The number of hydrazine groups is 1. The average Bonchev–Trinajstić information content (AvgIpc) is 2.50. The lowest BCUT2D eigenvalue weighted by Crippen LogP contribution is -2.30. The molecule has 0 aliphatic carbocycles. The monoisotopic (exact) mass is 172 g/mol. The van der Waals surface area contributed by atoms with Crippen LogP contribution in [0.2, 0.25) is 0 Å². The van der Waals surface area contributed by atoms with Crippen molar-refractivity contribution in [2.24, 2.45) is 5.84 Å². The van der Waals surface area contributed by atoms with Gasteiger partial charge in [-0.3, -0.25) is 10.2 Å². The molecule has 0 aliphatic heterocycles. The molecule has 3 N–H and O–H groups in total. The lowest BCUT2D eigenvalue weighted by molar-refractivity contribution is 0.0952. The molecule has 1 aromatic rings. The van der Waals surface area contributed by atoms with Crippen molar-refractivity contribution in [1.29, 1.82) is 0 Å². The van der Waals surface area contributed by atoms with Crippen LogP contribution in [0.1, 0.15) is 16.1 Å². The van der Waals surface area contributed by atoms with Crippen LogP contribution in [0.3, 0.4) is 0 Å². The third-order valence-corrected chi connectivity index (χ3v) is 1.55. The Kier molecular flexibility index (Phi) is 2.56. The van der Waals surface area contributed by atoms with E-state index in [2.05, 4.69) is 12.6 Å². The van der Waals surface area contributed by atoms with Crippen LogP contribution in [0.4, 0.5) is 0 Å². The van der Waals surface area contributed by atoms with Gasteiger partial charge in [0.25, 0.3) is 5.91 Å². The van der Waals surface area contributed by atoms with Crippen LogP contribution < -0.4 is 11.3 Å². The van der Waals surface area contributed by atoms with Gasteiger partial charge in [0.15, 0.2) is 0 Å². The molecule has 0 spiro atoms. The second-order valence-corrected chi connectivity index (χ2v) is 2.21. The molecule has 5 heteroatoms. The maximum atomic E-state index is 10.9. The SMILES string of the molecule is NNC(=O)c1ccoc1CS. The summed E-state index contributed by atoms with van der Waals surface area (Å²) in [5.74, 6) is 5.47. The number of amides is 1. The number of rotatable bonds is 2. The molecule has 11 heavy (non-hydrogen) atoms. The summed E-state index contributed by atoms with van der Waals surface area (Å²) in [6.45, 7) is 0. The van der Waals surface area contributed by atoms with E-state index in [-0.39, 0.29) is 5.91 Å². The van der Waals surface area contributed by atoms with Gasteiger partial charge < -0.3 is 4.42 Å². The van der Waals surface area contributed by atoms with Crippen molar-refractivity contribution in [2.75, 3.05) is 0 Å². The predicted molar refractivity (Wildman–Crippen MR) is 43.1 cm³/mol. The summed E-state index contributed by atoms with van der Waals surface area (Å²) in [6, 6.07) is 1.55. The van der Waals surface area contributed by atoms with Crippen LogP contribution in [-0.2, 0) is 5.75 Å². The van der Waals surface area contributed by atoms with Gasteiger partial charge in [-0.25, -0.2) is 5.84 Å². The Bertz CT molecular complexity index is 259. The van der Waals surface area contributed by atoms with E-state index >= 15 is 0 Å². The summed E-state index contributed by atoms with van der Waals surface area (Å²) < 4.78 is 4.94. The molecule has 1 rings (SSSR count). The van der Waals surface area contributed by atoms with Gasteiger partial charge in [-0.05, 0) is 6.07 Å². The van der Waals surface area contributed by atoms with Gasteiger partial charge in [0.05, 0.1) is 11.8 Å². The van der Waals surface area contributed by atoms with E-state index in [9.17, 15) is 4.79 Å². The van der Waals surface area contributed by atoms with E-state index in [1.807, 2.05) is 5.43 Å². The first-order chi connectivity index (χ1) is 5.29. The Balaban J connectivity index is 2.92. The molecule has 0 unspecified atom stereocenters. The molecule has 0 atom stereocenters. The van der Waals surface area contributed by atoms with Crippen molar-refractivity contribution >= 4 is 18.5 Å². The van der Waals surface area contributed by atoms with E-state index < -0.39 is 0 Å². The first-order valence-electron chi connectivity index (χ1n) is 2.97. The highest BCUT2D eigenvalue weighted by Crippen LogP contribution is 2.11. The van der Waals surface area contributed by atoms with Gasteiger partial charge in [-0.15, -0.1) is 0 Å². The molecule has 1 heterocycles. The summed E-state index contributed by atoms with van der Waals surface area (Å²) >= 11 is 3.96.